The average molecular weight is 160 g/mol. The average Bonchev–Trinajstić information content (AvgIpc) is 2.62. The summed E-state index contributed by atoms with van der Waals surface area (Å²) in [5.74, 6) is 0. The molecule has 12 heavy (non-hydrogen) atoms. The highest BCUT2D eigenvalue weighted by Gasteiger charge is 2.32. The molecule has 2 heteroatoms. The molecule has 3 rings (SSSR count). The molecule has 0 aromatic heterocycles. The topological polar surface area (TPSA) is 15.3 Å². The molecule has 2 aliphatic rings. The standard InChI is InChI=1S/C10H12N2/c1-2-4-9-8(3-1)7-12-6-5-11-10(9)12/h1-4,10-11H,5-7H2. The maximum atomic E-state index is 3.50. The van der Waals surface area contributed by atoms with Gasteiger partial charge in [-0.2, -0.15) is 0 Å². The Morgan fingerprint density at radius 2 is 2.25 bits per heavy atom. The van der Waals surface area contributed by atoms with Crippen molar-refractivity contribution in [3.05, 3.63) is 35.4 Å². The van der Waals surface area contributed by atoms with Crippen LogP contribution in [0.3, 0.4) is 0 Å². The van der Waals surface area contributed by atoms with Crippen LogP contribution < -0.4 is 5.32 Å². The van der Waals surface area contributed by atoms with E-state index in [1.807, 2.05) is 0 Å². The first-order valence-corrected chi connectivity index (χ1v) is 4.50. The van der Waals surface area contributed by atoms with Gasteiger partial charge in [-0.1, -0.05) is 24.3 Å². The Morgan fingerprint density at radius 3 is 3.25 bits per heavy atom. The lowest BCUT2D eigenvalue weighted by atomic mass is 10.1. The maximum Gasteiger partial charge on any atom is 0.0867 e. The quantitative estimate of drug-likeness (QED) is 0.611. The van der Waals surface area contributed by atoms with Gasteiger partial charge in [0.25, 0.3) is 0 Å². The molecule has 0 radical (unpaired) electrons. The lowest BCUT2D eigenvalue weighted by Gasteiger charge is -2.13. The summed E-state index contributed by atoms with van der Waals surface area (Å²) in [6.45, 7) is 3.46. The second kappa shape index (κ2) is 2.31. The molecule has 0 aliphatic carbocycles. The Labute approximate surface area is 72.2 Å². The van der Waals surface area contributed by atoms with Crippen LogP contribution >= 0.6 is 0 Å². The third-order valence-corrected chi connectivity index (χ3v) is 2.82. The van der Waals surface area contributed by atoms with Crippen LogP contribution in [0.2, 0.25) is 0 Å². The largest absolute Gasteiger partial charge is 0.297 e. The smallest absolute Gasteiger partial charge is 0.0867 e. The fraction of sp³-hybridized carbons (Fsp3) is 0.400. The molecular formula is C10H12N2. The van der Waals surface area contributed by atoms with Crippen molar-refractivity contribution >= 4 is 0 Å². The van der Waals surface area contributed by atoms with Crippen molar-refractivity contribution < 1.29 is 0 Å². The van der Waals surface area contributed by atoms with E-state index in [1.54, 1.807) is 0 Å². The van der Waals surface area contributed by atoms with Crippen molar-refractivity contribution in [1.29, 1.82) is 0 Å². The summed E-state index contributed by atoms with van der Waals surface area (Å²) >= 11 is 0. The highest BCUT2D eigenvalue weighted by molar-refractivity contribution is 5.34. The number of hydrogen-bond acceptors (Lipinski definition) is 2. The van der Waals surface area contributed by atoms with Gasteiger partial charge in [-0.15, -0.1) is 0 Å². The molecule has 1 atom stereocenters. The van der Waals surface area contributed by atoms with Gasteiger partial charge in [-0.05, 0) is 11.1 Å². The van der Waals surface area contributed by atoms with Crippen LogP contribution in [0, 0.1) is 0 Å². The van der Waals surface area contributed by atoms with Gasteiger partial charge in [0.1, 0.15) is 0 Å². The third kappa shape index (κ3) is 0.765. The summed E-state index contributed by atoms with van der Waals surface area (Å²) in [5, 5.41) is 3.50. The predicted molar refractivity (Wildman–Crippen MR) is 47.6 cm³/mol. The molecule has 1 aromatic rings. The van der Waals surface area contributed by atoms with Crippen LogP contribution in [0.15, 0.2) is 24.3 Å². The molecule has 1 N–H and O–H groups in total. The minimum Gasteiger partial charge on any atom is -0.297 e. The van der Waals surface area contributed by atoms with E-state index in [1.165, 1.54) is 17.7 Å². The predicted octanol–water partition coefficient (Wildman–Crippen LogP) is 1.10. The highest BCUT2D eigenvalue weighted by Crippen LogP contribution is 2.33. The summed E-state index contributed by atoms with van der Waals surface area (Å²) in [5.41, 5.74) is 2.98. The molecule has 62 valence electrons. The number of nitrogens with zero attached hydrogens (tertiary/aromatic N) is 1. The van der Waals surface area contributed by atoms with E-state index in [0.29, 0.717) is 6.17 Å². The van der Waals surface area contributed by atoms with Crippen molar-refractivity contribution in [3.8, 4) is 0 Å². The Balaban J connectivity index is 2.09. The van der Waals surface area contributed by atoms with Gasteiger partial charge in [-0.25, -0.2) is 0 Å². The number of hydrogen-bond donors (Lipinski definition) is 1. The van der Waals surface area contributed by atoms with Crippen molar-refractivity contribution in [2.45, 2.75) is 12.7 Å². The molecule has 1 unspecified atom stereocenters. The summed E-state index contributed by atoms with van der Waals surface area (Å²) in [6, 6.07) is 8.72. The molecular weight excluding hydrogens is 148 g/mol. The van der Waals surface area contributed by atoms with Gasteiger partial charge in [0.05, 0.1) is 6.17 Å². The molecule has 0 bridgehead atoms. The number of fused-ring (bicyclic) bond motifs is 3. The monoisotopic (exact) mass is 160 g/mol. The summed E-state index contributed by atoms with van der Waals surface area (Å²) < 4.78 is 0. The summed E-state index contributed by atoms with van der Waals surface area (Å²) in [6.07, 6.45) is 0.515. The van der Waals surface area contributed by atoms with E-state index in [9.17, 15) is 0 Å². The first-order chi connectivity index (χ1) is 5.95. The molecule has 1 saturated heterocycles. The minimum atomic E-state index is 0.515. The molecule has 1 aromatic carbocycles. The lowest BCUT2D eigenvalue weighted by molar-refractivity contribution is 0.269. The van der Waals surface area contributed by atoms with E-state index in [4.69, 9.17) is 0 Å². The van der Waals surface area contributed by atoms with Gasteiger partial charge in [0.2, 0.25) is 0 Å². The maximum absolute atomic E-state index is 3.50. The first kappa shape index (κ1) is 6.63. The van der Waals surface area contributed by atoms with Crippen LogP contribution in [0.5, 0.6) is 0 Å². The minimum absolute atomic E-state index is 0.515. The zero-order valence-corrected chi connectivity index (χ0v) is 6.96. The zero-order chi connectivity index (χ0) is 7.97. The third-order valence-electron chi connectivity index (χ3n) is 2.82. The van der Waals surface area contributed by atoms with Gasteiger partial charge in [0.15, 0.2) is 0 Å². The Kier molecular flexibility index (Phi) is 1.28. The molecule has 2 heterocycles. The van der Waals surface area contributed by atoms with E-state index >= 15 is 0 Å². The second-order valence-electron chi connectivity index (χ2n) is 3.53. The number of rotatable bonds is 0. The van der Waals surface area contributed by atoms with Crippen molar-refractivity contribution in [2.24, 2.45) is 0 Å². The van der Waals surface area contributed by atoms with Crippen molar-refractivity contribution in [1.82, 2.24) is 10.2 Å². The fourth-order valence-electron chi connectivity index (χ4n) is 2.24. The molecule has 0 spiro atoms. The van der Waals surface area contributed by atoms with Crippen LogP contribution in [0.25, 0.3) is 0 Å². The zero-order valence-electron chi connectivity index (χ0n) is 6.96. The van der Waals surface area contributed by atoms with Crippen LogP contribution in [-0.2, 0) is 6.54 Å². The molecule has 2 aliphatic heterocycles. The van der Waals surface area contributed by atoms with Crippen LogP contribution in [-0.4, -0.2) is 18.0 Å². The Morgan fingerprint density at radius 1 is 1.33 bits per heavy atom. The SMILES string of the molecule is c1ccc2c(c1)CN1CCNC21. The van der Waals surface area contributed by atoms with Crippen LogP contribution in [0.4, 0.5) is 0 Å². The van der Waals surface area contributed by atoms with Gasteiger partial charge >= 0.3 is 0 Å². The summed E-state index contributed by atoms with van der Waals surface area (Å²) in [4.78, 5) is 2.49. The van der Waals surface area contributed by atoms with Crippen molar-refractivity contribution in [3.63, 3.8) is 0 Å². The van der Waals surface area contributed by atoms with E-state index < -0.39 is 0 Å². The molecule has 1 fully saturated rings. The number of benzene rings is 1. The molecule has 0 saturated carbocycles. The molecule has 0 amide bonds. The van der Waals surface area contributed by atoms with Gasteiger partial charge in [0, 0.05) is 19.6 Å². The number of nitrogens with one attached hydrogen (secondary N) is 1. The van der Waals surface area contributed by atoms with E-state index in [2.05, 4.69) is 34.5 Å². The first-order valence-electron chi connectivity index (χ1n) is 4.50. The summed E-state index contributed by atoms with van der Waals surface area (Å²) in [7, 11) is 0. The Hall–Kier alpha value is -0.860. The van der Waals surface area contributed by atoms with E-state index in [0.717, 1.165) is 13.1 Å². The van der Waals surface area contributed by atoms with Crippen molar-refractivity contribution in [2.75, 3.05) is 13.1 Å². The normalized spacial score (nSPS) is 27.2. The second-order valence-corrected chi connectivity index (χ2v) is 3.53. The molecule has 2 nitrogen and oxygen atoms in total. The van der Waals surface area contributed by atoms with Crippen LogP contribution in [0.1, 0.15) is 17.3 Å². The highest BCUT2D eigenvalue weighted by atomic mass is 15.3. The lowest BCUT2D eigenvalue weighted by Crippen LogP contribution is -2.19. The Bertz CT molecular complexity index is 308. The van der Waals surface area contributed by atoms with Gasteiger partial charge in [-0.3, -0.25) is 10.2 Å². The van der Waals surface area contributed by atoms with Gasteiger partial charge < -0.3 is 0 Å². The van der Waals surface area contributed by atoms with E-state index in [-0.39, 0.29) is 0 Å². The fourth-order valence-corrected chi connectivity index (χ4v) is 2.24.